The Morgan fingerprint density at radius 3 is 2.65 bits per heavy atom. The minimum atomic E-state index is -0.586. The molecular formula is C14H13BrClFN2O. The van der Waals surface area contributed by atoms with Gasteiger partial charge in [0.05, 0.1) is 10.7 Å². The van der Waals surface area contributed by atoms with Gasteiger partial charge in [-0.05, 0) is 35.0 Å². The average Bonchev–Trinajstić information content (AvgIpc) is 2.39. The number of benzene rings is 1. The van der Waals surface area contributed by atoms with Crippen LogP contribution < -0.4 is 5.56 Å². The van der Waals surface area contributed by atoms with Crippen LogP contribution in [0.1, 0.15) is 31.2 Å². The van der Waals surface area contributed by atoms with Crippen LogP contribution in [0.4, 0.5) is 4.39 Å². The van der Waals surface area contributed by atoms with Crippen LogP contribution in [0.2, 0.25) is 5.02 Å². The van der Waals surface area contributed by atoms with Gasteiger partial charge in [-0.3, -0.25) is 4.79 Å². The molecule has 0 saturated heterocycles. The molecule has 0 unspecified atom stereocenters. The molecule has 1 aromatic heterocycles. The highest BCUT2D eigenvalue weighted by molar-refractivity contribution is 9.10. The van der Waals surface area contributed by atoms with Crippen molar-refractivity contribution in [2.75, 3.05) is 0 Å². The maximum absolute atomic E-state index is 14.3. The lowest BCUT2D eigenvalue weighted by Gasteiger charge is -2.11. The fourth-order valence-electron chi connectivity index (χ4n) is 1.79. The van der Waals surface area contributed by atoms with Crippen molar-refractivity contribution in [3.05, 3.63) is 49.2 Å². The number of rotatable bonds is 2. The fraction of sp³-hybridized carbons (Fsp3) is 0.286. The maximum atomic E-state index is 14.3. The first-order chi connectivity index (χ1) is 9.32. The van der Waals surface area contributed by atoms with Gasteiger partial charge in [0.15, 0.2) is 5.82 Å². The summed E-state index contributed by atoms with van der Waals surface area (Å²) in [5, 5.41) is -0.0184. The van der Waals surface area contributed by atoms with E-state index in [1.807, 2.05) is 13.8 Å². The lowest BCUT2D eigenvalue weighted by Crippen LogP contribution is -2.17. The Balaban J connectivity index is 2.76. The third kappa shape index (κ3) is 2.65. The zero-order valence-corrected chi connectivity index (χ0v) is 13.6. The molecule has 0 bridgehead atoms. The second-order valence-electron chi connectivity index (χ2n) is 4.80. The van der Waals surface area contributed by atoms with Crippen LogP contribution in [-0.4, -0.2) is 9.97 Å². The maximum Gasteiger partial charge on any atom is 0.254 e. The van der Waals surface area contributed by atoms with E-state index in [2.05, 4.69) is 25.9 Å². The largest absolute Gasteiger partial charge is 0.310 e. The SMILES string of the molecule is Cc1c(-c2ccc(Br)c(Cl)c2F)nc(C(C)C)[nH]c1=O. The summed E-state index contributed by atoms with van der Waals surface area (Å²) >= 11 is 9.05. The van der Waals surface area contributed by atoms with Crippen LogP contribution in [-0.2, 0) is 0 Å². The average molecular weight is 360 g/mol. The van der Waals surface area contributed by atoms with Gasteiger partial charge < -0.3 is 4.98 Å². The van der Waals surface area contributed by atoms with E-state index < -0.39 is 5.82 Å². The van der Waals surface area contributed by atoms with Crippen molar-refractivity contribution in [2.45, 2.75) is 26.7 Å². The standard InChI is InChI=1S/C14H13BrClFN2O/c1-6(2)13-18-12(7(3)14(20)19-13)8-4-5-9(15)10(16)11(8)17/h4-6H,1-3H3,(H,18,19,20). The summed E-state index contributed by atoms with van der Waals surface area (Å²) in [4.78, 5) is 19.0. The Bertz CT molecular complexity index is 728. The first kappa shape index (κ1) is 15.2. The summed E-state index contributed by atoms with van der Waals surface area (Å²) < 4.78 is 14.7. The van der Waals surface area contributed by atoms with E-state index >= 15 is 0 Å². The molecule has 0 atom stereocenters. The summed E-state index contributed by atoms with van der Waals surface area (Å²) in [6.45, 7) is 5.42. The number of hydrogen-bond donors (Lipinski definition) is 1. The summed E-state index contributed by atoms with van der Waals surface area (Å²) in [6, 6.07) is 3.20. The van der Waals surface area contributed by atoms with E-state index in [9.17, 15) is 9.18 Å². The molecule has 0 aliphatic carbocycles. The first-order valence-corrected chi connectivity index (χ1v) is 7.24. The Labute approximate surface area is 129 Å². The lowest BCUT2D eigenvalue weighted by atomic mass is 10.1. The van der Waals surface area contributed by atoms with Gasteiger partial charge in [0, 0.05) is 21.5 Å². The van der Waals surface area contributed by atoms with Crippen molar-refractivity contribution in [3.8, 4) is 11.3 Å². The van der Waals surface area contributed by atoms with E-state index in [0.29, 0.717) is 21.6 Å². The molecule has 0 amide bonds. The van der Waals surface area contributed by atoms with Crippen molar-refractivity contribution in [2.24, 2.45) is 0 Å². The number of H-pyrrole nitrogens is 1. The van der Waals surface area contributed by atoms with Crippen LogP contribution in [0, 0.1) is 12.7 Å². The predicted molar refractivity (Wildman–Crippen MR) is 81.8 cm³/mol. The molecule has 3 nitrogen and oxygen atoms in total. The molecule has 106 valence electrons. The minimum Gasteiger partial charge on any atom is -0.310 e. The number of hydrogen-bond acceptors (Lipinski definition) is 2. The number of halogens is 3. The zero-order chi connectivity index (χ0) is 15.0. The molecule has 20 heavy (non-hydrogen) atoms. The van der Waals surface area contributed by atoms with Crippen LogP contribution in [0.3, 0.4) is 0 Å². The molecule has 0 spiro atoms. The fourth-order valence-corrected chi connectivity index (χ4v) is 2.27. The monoisotopic (exact) mass is 358 g/mol. The Morgan fingerprint density at radius 2 is 2.05 bits per heavy atom. The van der Waals surface area contributed by atoms with Gasteiger partial charge in [-0.15, -0.1) is 0 Å². The van der Waals surface area contributed by atoms with Gasteiger partial charge in [0.2, 0.25) is 0 Å². The molecule has 2 aromatic rings. The van der Waals surface area contributed by atoms with Crippen LogP contribution in [0.25, 0.3) is 11.3 Å². The van der Waals surface area contributed by atoms with Gasteiger partial charge in [-0.2, -0.15) is 0 Å². The van der Waals surface area contributed by atoms with Gasteiger partial charge in [0.1, 0.15) is 5.82 Å². The zero-order valence-electron chi connectivity index (χ0n) is 11.2. The summed E-state index contributed by atoms with van der Waals surface area (Å²) in [7, 11) is 0. The minimum absolute atomic E-state index is 0.0184. The number of aromatic nitrogens is 2. The Morgan fingerprint density at radius 1 is 1.40 bits per heavy atom. The highest BCUT2D eigenvalue weighted by atomic mass is 79.9. The van der Waals surface area contributed by atoms with Crippen molar-refractivity contribution in [3.63, 3.8) is 0 Å². The van der Waals surface area contributed by atoms with Crippen LogP contribution in [0.15, 0.2) is 21.4 Å². The van der Waals surface area contributed by atoms with Gasteiger partial charge in [-0.25, -0.2) is 9.37 Å². The Kier molecular flexibility index (Phi) is 4.30. The topological polar surface area (TPSA) is 45.8 Å². The van der Waals surface area contributed by atoms with Crippen molar-refractivity contribution in [1.82, 2.24) is 9.97 Å². The number of nitrogens with zero attached hydrogens (tertiary/aromatic N) is 1. The van der Waals surface area contributed by atoms with E-state index in [4.69, 9.17) is 11.6 Å². The predicted octanol–water partition coefficient (Wildman–Crippen LogP) is 4.42. The third-order valence-corrected chi connectivity index (χ3v) is 4.27. The highest BCUT2D eigenvalue weighted by Gasteiger charge is 2.18. The molecule has 1 heterocycles. The van der Waals surface area contributed by atoms with Crippen molar-refractivity contribution >= 4 is 27.5 Å². The Hall–Kier alpha value is -1.20. The molecule has 2 rings (SSSR count). The van der Waals surface area contributed by atoms with E-state index in [-0.39, 0.29) is 22.1 Å². The second-order valence-corrected chi connectivity index (χ2v) is 6.03. The summed E-state index contributed by atoms with van der Waals surface area (Å²) in [6.07, 6.45) is 0. The van der Waals surface area contributed by atoms with Crippen LogP contribution >= 0.6 is 27.5 Å². The normalized spacial score (nSPS) is 11.2. The number of nitrogens with one attached hydrogen (secondary N) is 1. The first-order valence-electron chi connectivity index (χ1n) is 6.07. The number of aromatic amines is 1. The lowest BCUT2D eigenvalue weighted by molar-refractivity contribution is 0.629. The van der Waals surface area contributed by atoms with Crippen molar-refractivity contribution < 1.29 is 4.39 Å². The van der Waals surface area contributed by atoms with E-state index in [1.54, 1.807) is 19.1 Å². The molecule has 0 saturated carbocycles. The van der Waals surface area contributed by atoms with Crippen molar-refractivity contribution in [1.29, 1.82) is 0 Å². The quantitative estimate of drug-likeness (QED) is 0.807. The molecule has 0 aliphatic heterocycles. The summed E-state index contributed by atoms with van der Waals surface area (Å²) in [5.41, 5.74) is 0.650. The molecule has 0 aliphatic rings. The van der Waals surface area contributed by atoms with Gasteiger partial charge in [-0.1, -0.05) is 25.4 Å². The molecular weight excluding hydrogens is 347 g/mol. The molecule has 1 aromatic carbocycles. The smallest absolute Gasteiger partial charge is 0.254 e. The third-order valence-electron chi connectivity index (χ3n) is 3.01. The molecule has 0 fully saturated rings. The molecule has 0 radical (unpaired) electrons. The van der Waals surface area contributed by atoms with Crippen LogP contribution in [0.5, 0.6) is 0 Å². The van der Waals surface area contributed by atoms with E-state index in [0.717, 1.165) is 0 Å². The highest BCUT2D eigenvalue weighted by Crippen LogP contribution is 2.33. The molecule has 1 N–H and O–H groups in total. The van der Waals surface area contributed by atoms with Gasteiger partial charge >= 0.3 is 0 Å². The second kappa shape index (κ2) is 5.66. The molecule has 6 heteroatoms. The van der Waals surface area contributed by atoms with E-state index in [1.165, 1.54) is 0 Å². The summed E-state index contributed by atoms with van der Waals surface area (Å²) in [5.74, 6) is -0.0259. The van der Waals surface area contributed by atoms with Gasteiger partial charge in [0.25, 0.3) is 5.56 Å².